The van der Waals surface area contributed by atoms with Crippen LogP contribution >= 0.6 is 70.4 Å². The summed E-state index contributed by atoms with van der Waals surface area (Å²) in [5, 5.41) is 0.508. The molecule has 0 saturated carbocycles. The fourth-order valence-electron chi connectivity index (χ4n) is 10.1. The number of unbranched alkanes of at least 4 members (excludes halogenated alkanes) is 4. The van der Waals surface area contributed by atoms with Crippen molar-refractivity contribution in [1.29, 1.82) is 0 Å². The topological polar surface area (TPSA) is 17.1 Å². The maximum absolute atomic E-state index is 16.1. The van der Waals surface area contributed by atoms with Gasteiger partial charge in [0, 0.05) is 20.9 Å². The van der Waals surface area contributed by atoms with Crippen molar-refractivity contribution >= 4 is 115 Å². The third-order valence-electron chi connectivity index (χ3n) is 14.7. The molecule has 0 aliphatic rings. The maximum Gasteiger partial charge on any atom is 0.193 e. The van der Waals surface area contributed by atoms with Crippen molar-refractivity contribution in [1.82, 2.24) is 0 Å². The molecule has 0 N–H and O–H groups in total. The van der Waals surface area contributed by atoms with Crippen LogP contribution in [0.25, 0.3) is 0 Å². The zero-order valence-electron chi connectivity index (χ0n) is 49.7. The van der Waals surface area contributed by atoms with Crippen LogP contribution in [0.5, 0.6) is 0 Å². The first-order valence-electron chi connectivity index (χ1n) is 29.5. The third-order valence-corrected chi connectivity index (χ3v) is 23.1. The second kappa shape index (κ2) is 33.8. The average Bonchev–Trinajstić information content (AvgIpc) is 0.719. The minimum Gasteiger partial charge on any atom is -0.289 e. The first-order valence-corrected chi connectivity index (χ1v) is 35.9. The number of thioether (sulfide) groups is 4. The Morgan fingerprint density at radius 3 is 1.00 bits per heavy atom. The SMILES string of the molecule is CCCCSc1c(F)cc([B-](c2cc(F)c(SCCCC)c(F)c2)(c2cc(F)c(SCCCC)c(F)c2)c2cc(F)c(SCCCC)c(F)c2)cc1F.O=C(c1ccccc1)c1ccc(Sc2ccc([S+](c3ccc(F)cc3)c3ccc(F)cc3)cc2)c(Cl)c1. The molecule has 0 saturated heterocycles. The van der Waals surface area contributed by atoms with Crippen molar-refractivity contribution in [2.24, 2.45) is 0 Å². The third kappa shape index (κ3) is 17.4. The molecule has 0 unspecified atom stereocenters. The molecule has 0 radical (unpaired) electrons. The molecule has 9 aromatic rings. The minimum absolute atomic E-state index is 0.0722. The lowest BCUT2D eigenvalue weighted by Crippen LogP contribution is -2.75. The summed E-state index contributed by atoms with van der Waals surface area (Å²) >= 11 is 11.8. The van der Waals surface area contributed by atoms with Crippen molar-refractivity contribution < 1.29 is 48.7 Å². The molecular formula is C71H64BClF10OS6. The maximum atomic E-state index is 16.1. The summed E-state index contributed by atoms with van der Waals surface area (Å²) in [5.74, 6) is -7.30. The first-order chi connectivity index (χ1) is 43.4. The van der Waals surface area contributed by atoms with Gasteiger partial charge in [0.05, 0.1) is 35.5 Å². The van der Waals surface area contributed by atoms with Crippen molar-refractivity contribution in [3.05, 3.63) is 244 Å². The van der Waals surface area contributed by atoms with Gasteiger partial charge < -0.3 is 0 Å². The van der Waals surface area contributed by atoms with E-state index < -0.39 is 63.6 Å². The van der Waals surface area contributed by atoms with E-state index >= 15 is 35.1 Å². The van der Waals surface area contributed by atoms with Crippen molar-refractivity contribution in [3.63, 3.8) is 0 Å². The van der Waals surface area contributed by atoms with Crippen LogP contribution in [-0.2, 0) is 10.9 Å². The molecule has 0 atom stereocenters. The number of carbonyl (C=O) groups is 1. The van der Waals surface area contributed by atoms with Crippen LogP contribution in [-0.4, -0.2) is 34.9 Å². The van der Waals surface area contributed by atoms with Crippen LogP contribution < -0.4 is 21.9 Å². The van der Waals surface area contributed by atoms with Gasteiger partial charge in [-0.1, -0.05) is 156 Å². The summed E-state index contributed by atoms with van der Waals surface area (Å²) in [5.41, 5.74) is -0.0626. The standard InChI is InChI=1S/C40H44BF8S4.C31H20ClF2OS2/c1-5-9-13-50-37-29(42)17-25(18-30(37)43)41(26-19-31(44)38(32(45)20-26)51-14-10-6-2,27-21-33(46)39(34(47)22-27)52-15-11-7-3)28-23-35(48)40(36(49)24-28)53-16-12-8-4;32-29-20-22(31(35)21-4-2-1-3-5-21)6-19-30(29)36-25-11-17-28(18-12-25)37(26-13-7-23(33)8-14-26)27-15-9-24(34)10-16-27/h17-24H,5-16H2,1-4H3;1-20H/q-1;+1. The summed E-state index contributed by atoms with van der Waals surface area (Å²) in [7, 11) is -0.523. The van der Waals surface area contributed by atoms with E-state index in [-0.39, 0.29) is 58.9 Å². The van der Waals surface area contributed by atoms with E-state index in [1.165, 1.54) is 36.0 Å². The van der Waals surface area contributed by atoms with Gasteiger partial charge in [-0.3, -0.25) is 4.79 Å². The van der Waals surface area contributed by atoms with E-state index in [2.05, 4.69) is 0 Å². The van der Waals surface area contributed by atoms with Gasteiger partial charge >= 0.3 is 0 Å². The van der Waals surface area contributed by atoms with Gasteiger partial charge in [0.15, 0.2) is 20.5 Å². The molecule has 0 heterocycles. The number of hydrogen-bond donors (Lipinski definition) is 0. The molecule has 19 heteroatoms. The number of ketones is 1. The molecule has 0 spiro atoms. The van der Waals surface area contributed by atoms with Crippen LogP contribution in [0.3, 0.4) is 0 Å². The van der Waals surface area contributed by atoms with E-state index in [0.717, 1.165) is 146 Å². The Hall–Kier alpha value is -5.60. The van der Waals surface area contributed by atoms with E-state index in [9.17, 15) is 13.6 Å². The lowest BCUT2D eigenvalue weighted by atomic mass is 9.13. The molecule has 0 amide bonds. The number of hydrogen-bond acceptors (Lipinski definition) is 6. The molecule has 9 aromatic carbocycles. The molecule has 0 fully saturated rings. The minimum atomic E-state index is -3.46. The Balaban J connectivity index is 0.000000246. The Bertz CT molecular complexity index is 3480. The van der Waals surface area contributed by atoms with Crippen LogP contribution in [0.1, 0.15) is 95.0 Å². The highest BCUT2D eigenvalue weighted by atomic mass is 35.5. The molecule has 0 bridgehead atoms. The van der Waals surface area contributed by atoms with Crippen molar-refractivity contribution in [2.75, 3.05) is 23.0 Å². The first kappa shape index (κ1) is 70.3. The van der Waals surface area contributed by atoms with Crippen LogP contribution in [0.15, 0.2) is 214 Å². The smallest absolute Gasteiger partial charge is 0.193 e. The van der Waals surface area contributed by atoms with Gasteiger partial charge in [0.1, 0.15) is 64.3 Å². The van der Waals surface area contributed by atoms with Crippen molar-refractivity contribution in [3.8, 4) is 0 Å². The normalized spacial score (nSPS) is 11.5. The van der Waals surface area contributed by atoms with Gasteiger partial charge in [-0.25, -0.2) is 43.9 Å². The number of rotatable bonds is 27. The highest BCUT2D eigenvalue weighted by Crippen LogP contribution is 2.38. The second-order valence-corrected chi connectivity index (χ2v) is 29.0. The average molecular weight is 1360 g/mol. The molecule has 90 heavy (non-hydrogen) atoms. The lowest BCUT2D eigenvalue weighted by molar-refractivity contribution is 0.103. The highest BCUT2D eigenvalue weighted by Gasteiger charge is 2.38. The quantitative estimate of drug-likeness (QED) is 0.0127. The summed E-state index contributed by atoms with van der Waals surface area (Å²) in [6, 6.07) is 42.9. The predicted octanol–water partition coefficient (Wildman–Crippen LogP) is 20.8. The summed E-state index contributed by atoms with van der Waals surface area (Å²) in [6.07, 6.45) is 2.32. The van der Waals surface area contributed by atoms with E-state index in [0.29, 0.717) is 64.8 Å². The molecular weight excluding hydrogens is 1300 g/mol. The zero-order chi connectivity index (χ0) is 64.5. The van der Waals surface area contributed by atoms with Crippen LogP contribution in [0.4, 0.5) is 43.9 Å². The van der Waals surface area contributed by atoms with E-state index in [1.807, 2.05) is 76.2 Å². The Morgan fingerprint density at radius 2 is 0.700 bits per heavy atom. The number of benzene rings is 9. The Kier molecular flexibility index (Phi) is 26.4. The highest BCUT2D eigenvalue weighted by molar-refractivity contribution is 8.00. The summed E-state index contributed by atoms with van der Waals surface area (Å²) < 4.78 is 156. The number of halogens is 11. The van der Waals surface area contributed by atoms with E-state index in [4.69, 9.17) is 11.6 Å². The van der Waals surface area contributed by atoms with Crippen LogP contribution in [0, 0.1) is 58.2 Å². The predicted molar refractivity (Wildman–Crippen MR) is 359 cm³/mol. The zero-order valence-corrected chi connectivity index (χ0v) is 55.4. The fourth-order valence-corrected chi connectivity index (χ4v) is 17.4. The molecule has 0 aliphatic carbocycles. The molecule has 470 valence electrons. The van der Waals surface area contributed by atoms with Gasteiger partial charge in [-0.15, -0.1) is 47.0 Å². The monoisotopic (exact) mass is 1360 g/mol. The Morgan fingerprint density at radius 1 is 0.389 bits per heavy atom. The molecule has 9 rings (SSSR count). The van der Waals surface area contributed by atoms with Crippen LogP contribution in [0.2, 0.25) is 5.02 Å². The number of carbonyl (C=O) groups excluding carboxylic acids is 1. The summed E-state index contributed by atoms with van der Waals surface area (Å²) in [6.45, 7) is 7.71. The van der Waals surface area contributed by atoms with Gasteiger partial charge in [-0.2, -0.15) is 21.9 Å². The lowest BCUT2D eigenvalue weighted by Gasteiger charge is -2.44. The fraction of sp³-hybridized carbons (Fsp3) is 0.225. The second-order valence-electron chi connectivity index (χ2n) is 21.1. The van der Waals surface area contributed by atoms with Gasteiger partial charge in [-0.05, 0) is 140 Å². The summed E-state index contributed by atoms with van der Waals surface area (Å²) in [4.78, 5) is 16.2. The Labute approximate surface area is 550 Å². The van der Waals surface area contributed by atoms with Gasteiger partial charge in [0.2, 0.25) is 0 Å². The molecule has 0 aromatic heterocycles. The van der Waals surface area contributed by atoms with Crippen molar-refractivity contribution in [2.45, 2.75) is 123 Å². The molecule has 0 aliphatic heterocycles. The van der Waals surface area contributed by atoms with E-state index in [1.54, 1.807) is 48.5 Å². The largest absolute Gasteiger partial charge is 0.289 e. The molecule has 1 nitrogen and oxygen atoms in total. The van der Waals surface area contributed by atoms with Gasteiger partial charge in [0.25, 0.3) is 0 Å².